The molecule has 1 fully saturated rings. The molecule has 4 rings (SSSR count). The van der Waals surface area contributed by atoms with Gasteiger partial charge in [0, 0.05) is 25.2 Å². The lowest BCUT2D eigenvalue weighted by atomic mass is 10.0. The third-order valence-electron chi connectivity index (χ3n) is 6.91. The number of nitrogens with one attached hydrogen (secondary N) is 2. The molecule has 0 amide bonds. The summed E-state index contributed by atoms with van der Waals surface area (Å²) in [7, 11) is 3.78. The number of likely N-dealkylation sites (N-methyl/N-ethyl adjacent to an activating group) is 1. The predicted octanol–water partition coefficient (Wildman–Crippen LogP) is 1.02. The fourth-order valence-electron chi connectivity index (χ4n) is 4.78. The van der Waals surface area contributed by atoms with Gasteiger partial charge in [0.05, 0.1) is 6.04 Å². The number of halogens is 2. The maximum absolute atomic E-state index is 15.0. The number of hydrogen-bond acceptors (Lipinski definition) is 9. The summed E-state index contributed by atoms with van der Waals surface area (Å²) in [6, 6.07) is 10.4. The number of nitrogens with zero attached hydrogens (tertiary/aromatic N) is 2. The van der Waals surface area contributed by atoms with Crippen molar-refractivity contribution in [3.05, 3.63) is 64.7 Å². The van der Waals surface area contributed by atoms with Gasteiger partial charge in [0.1, 0.15) is 31.0 Å². The highest BCUT2D eigenvalue weighted by atomic mass is 19.3. The summed E-state index contributed by atoms with van der Waals surface area (Å²) in [5.41, 5.74) is 1.81. The maximum Gasteiger partial charge on any atom is 0.311 e. The molecule has 0 spiro atoms. The summed E-state index contributed by atoms with van der Waals surface area (Å²) >= 11 is 0. The molecule has 6 N–H and O–H groups in total. The Balaban J connectivity index is 1.37. The topological polar surface area (TPSA) is 121 Å². The van der Waals surface area contributed by atoms with Gasteiger partial charge in [-0.05, 0) is 55.8 Å². The first kappa shape index (κ1) is 27.8. The van der Waals surface area contributed by atoms with Gasteiger partial charge in [0.25, 0.3) is 0 Å². The van der Waals surface area contributed by atoms with Crippen LogP contribution in [0, 0.1) is 0 Å². The molecule has 1 saturated heterocycles. The summed E-state index contributed by atoms with van der Waals surface area (Å²) in [4.78, 5) is 3.67. The van der Waals surface area contributed by atoms with Crippen molar-refractivity contribution < 1.29 is 33.9 Å². The lowest BCUT2D eigenvalue weighted by Gasteiger charge is -2.39. The highest BCUT2D eigenvalue weighted by molar-refractivity contribution is 5.37. The Hall–Kier alpha value is -2.22. The number of benzene rings is 2. The Labute approximate surface area is 215 Å². The quantitative estimate of drug-likeness (QED) is 0.254. The van der Waals surface area contributed by atoms with E-state index in [0.717, 1.165) is 5.56 Å². The Morgan fingerprint density at radius 2 is 1.95 bits per heavy atom. The second kappa shape index (κ2) is 11.7. The van der Waals surface area contributed by atoms with Gasteiger partial charge in [0.2, 0.25) is 0 Å². The molecule has 0 aliphatic carbocycles. The van der Waals surface area contributed by atoms with E-state index >= 15 is 8.78 Å². The molecule has 2 heterocycles. The van der Waals surface area contributed by atoms with Crippen LogP contribution < -0.4 is 15.4 Å². The maximum atomic E-state index is 15.0. The Morgan fingerprint density at radius 3 is 2.68 bits per heavy atom. The monoisotopic (exact) mass is 522 g/mol. The van der Waals surface area contributed by atoms with Crippen LogP contribution in [0.2, 0.25) is 0 Å². The van der Waals surface area contributed by atoms with Crippen LogP contribution in [-0.2, 0) is 19.0 Å². The summed E-state index contributed by atoms with van der Waals surface area (Å²) in [5, 5.41) is 46.3. The van der Waals surface area contributed by atoms with Crippen molar-refractivity contribution in [2.24, 2.45) is 0 Å². The molecule has 2 aromatic rings. The number of aliphatic hydroxyl groups is 4. The van der Waals surface area contributed by atoms with Crippen LogP contribution >= 0.6 is 0 Å². The molecule has 37 heavy (non-hydrogen) atoms. The van der Waals surface area contributed by atoms with Gasteiger partial charge in [-0.1, -0.05) is 30.3 Å². The van der Waals surface area contributed by atoms with E-state index in [4.69, 9.17) is 4.74 Å². The Kier molecular flexibility index (Phi) is 8.77. The number of piperidine rings is 1. The molecule has 2 aromatic carbocycles. The third-order valence-corrected chi connectivity index (χ3v) is 6.91. The van der Waals surface area contributed by atoms with Gasteiger partial charge in [-0.3, -0.25) is 15.5 Å². The molecule has 2 aliphatic heterocycles. The predicted molar refractivity (Wildman–Crippen MR) is 132 cm³/mol. The standard InChI is InChI=1S/C26H36F2N4O5/c1-31(2)10-11-37-19-5-3-4-18(13-19)26(27,28)25(36)29-14-16-6-7-20-17(12-16)15-32(24(20)35)21-8-9-22(33)30-23(21)34/h3-7,12-13,21-25,29-30,33-36H,8-11,14-15H2,1-2H3/t21?,22-,23+,24-,25-/m0/s1. The van der Waals surface area contributed by atoms with E-state index in [0.29, 0.717) is 49.4 Å². The van der Waals surface area contributed by atoms with E-state index in [2.05, 4.69) is 10.6 Å². The second-order valence-corrected chi connectivity index (χ2v) is 9.94. The van der Waals surface area contributed by atoms with Gasteiger partial charge < -0.3 is 30.1 Å². The third kappa shape index (κ3) is 6.44. The van der Waals surface area contributed by atoms with Gasteiger partial charge in [-0.25, -0.2) is 0 Å². The number of aliphatic hydroxyl groups excluding tert-OH is 4. The molecular formula is C26H36F2N4O5. The average molecular weight is 523 g/mol. The van der Waals surface area contributed by atoms with Crippen molar-refractivity contribution >= 4 is 0 Å². The van der Waals surface area contributed by atoms with Crippen LogP contribution in [0.5, 0.6) is 5.75 Å². The van der Waals surface area contributed by atoms with E-state index < -0.39 is 30.8 Å². The minimum atomic E-state index is -3.56. The molecule has 11 heteroatoms. The summed E-state index contributed by atoms with van der Waals surface area (Å²) in [5.74, 6) is -3.25. The first-order chi connectivity index (χ1) is 17.6. The molecule has 1 unspecified atom stereocenters. The van der Waals surface area contributed by atoms with Gasteiger partial charge >= 0.3 is 5.92 Å². The normalized spacial score (nSPS) is 25.3. The minimum Gasteiger partial charge on any atom is -0.492 e. The van der Waals surface area contributed by atoms with Crippen molar-refractivity contribution in [1.82, 2.24) is 20.4 Å². The van der Waals surface area contributed by atoms with Crippen LogP contribution in [0.1, 0.15) is 41.3 Å². The molecule has 0 radical (unpaired) electrons. The Morgan fingerprint density at radius 1 is 1.16 bits per heavy atom. The molecule has 5 atom stereocenters. The molecule has 204 valence electrons. The molecule has 0 bridgehead atoms. The van der Waals surface area contributed by atoms with Crippen molar-refractivity contribution in [1.29, 1.82) is 0 Å². The lowest BCUT2D eigenvalue weighted by molar-refractivity contribution is -0.130. The van der Waals surface area contributed by atoms with E-state index in [9.17, 15) is 20.4 Å². The number of ether oxygens (including phenoxy) is 1. The molecule has 2 aliphatic rings. The molecule has 0 aromatic heterocycles. The molecular weight excluding hydrogens is 486 g/mol. The fraction of sp³-hybridized carbons (Fsp3) is 0.538. The fourth-order valence-corrected chi connectivity index (χ4v) is 4.78. The van der Waals surface area contributed by atoms with Crippen LogP contribution in [0.4, 0.5) is 8.78 Å². The van der Waals surface area contributed by atoms with Crippen molar-refractivity contribution in [2.45, 2.75) is 62.8 Å². The summed E-state index contributed by atoms with van der Waals surface area (Å²) in [6.45, 7) is 1.34. The summed E-state index contributed by atoms with van der Waals surface area (Å²) in [6.07, 6.45) is -3.85. The molecule has 9 nitrogen and oxygen atoms in total. The van der Waals surface area contributed by atoms with Gasteiger partial charge in [-0.2, -0.15) is 8.78 Å². The van der Waals surface area contributed by atoms with E-state index in [1.165, 1.54) is 18.2 Å². The lowest BCUT2D eigenvalue weighted by Crippen LogP contribution is -2.56. The SMILES string of the molecule is CN(C)CCOc1cccc(C(F)(F)[C@H](O)NCc2ccc3c(c2)CN(C2CC[C@H](O)N[C@@H]2O)[C@H]3O)c1. The summed E-state index contributed by atoms with van der Waals surface area (Å²) < 4.78 is 35.6. The van der Waals surface area contributed by atoms with E-state index in [1.807, 2.05) is 19.0 Å². The second-order valence-electron chi connectivity index (χ2n) is 9.94. The highest BCUT2D eigenvalue weighted by Gasteiger charge is 2.41. The van der Waals surface area contributed by atoms with Gasteiger partial charge in [-0.15, -0.1) is 0 Å². The van der Waals surface area contributed by atoms with Crippen LogP contribution in [0.3, 0.4) is 0 Å². The Bertz CT molecular complexity index is 1060. The van der Waals surface area contributed by atoms with Crippen LogP contribution in [-0.4, -0.2) is 82.2 Å². The van der Waals surface area contributed by atoms with Crippen molar-refractivity contribution in [2.75, 3.05) is 27.2 Å². The van der Waals surface area contributed by atoms with Crippen LogP contribution in [0.15, 0.2) is 42.5 Å². The number of hydrogen-bond donors (Lipinski definition) is 6. The number of fused-ring (bicyclic) bond motifs is 1. The van der Waals surface area contributed by atoms with E-state index in [-0.39, 0.29) is 18.2 Å². The van der Waals surface area contributed by atoms with Crippen molar-refractivity contribution in [3.8, 4) is 5.75 Å². The number of rotatable bonds is 10. The highest BCUT2D eigenvalue weighted by Crippen LogP contribution is 2.37. The zero-order valence-corrected chi connectivity index (χ0v) is 21.0. The smallest absolute Gasteiger partial charge is 0.311 e. The van der Waals surface area contributed by atoms with E-state index in [1.54, 1.807) is 29.2 Å². The molecule has 0 saturated carbocycles. The first-order valence-corrected chi connectivity index (χ1v) is 12.4. The average Bonchev–Trinajstić information content (AvgIpc) is 3.17. The zero-order valence-electron chi connectivity index (χ0n) is 21.0. The first-order valence-electron chi connectivity index (χ1n) is 12.4. The van der Waals surface area contributed by atoms with Gasteiger partial charge in [0.15, 0.2) is 6.23 Å². The van der Waals surface area contributed by atoms with Crippen LogP contribution in [0.25, 0.3) is 0 Å². The largest absolute Gasteiger partial charge is 0.492 e. The number of alkyl halides is 2. The zero-order chi connectivity index (χ0) is 26.7. The minimum absolute atomic E-state index is 0.0149. The van der Waals surface area contributed by atoms with Crippen molar-refractivity contribution in [3.63, 3.8) is 0 Å².